The SMILES string of the molecule is CC#CCN=C(N)Nc1cc(OCC)ccc1OCC. The lowest BCUT2D eigenvalue weighted by molar-refractivity contribution is 0.332. The van der Waals surface area contributed by atoms with E-state index in [-0.39, 0.29) is 0 Å². The lowest BCUT2D eigenvalue weighted by atomic mass is 10.2. The molecule has 0 saturated heterocycles. The van der Waals surface area contributed by atoms with Gasteiger partial charge in [0.1, 0.15) is 18.0 Å². The minimum Gasteiger partial charge on any atom is -0.494 e. The Labute approximate surface area is 120 Å². The molecule has 0 unspecified atom stereocenters. The zero-order chi connectivity index (χ0) is 14.8. The standard InChI is InChI=1S/C15H21N3O2/c1-4-7-10-17-15(16)18-13-11-12(19-5-2)8-9-14(13)20-6-3/h8-9,11H,5-6,10H2,1-3H3,(H3,16,17,18). The van der Waals surface area contributed by atoms with E-state index < -0.39 is 0 Å². The monoisotopic (exact) mass is 275 g/mol. The molecular weight excluding hydrogens is 254 g/mol. The van der Waals surface area contributed by atoms with E-state index in [1.165, 1.54) is 0 Å². The summed E-state index contributed by atoms with van der Waals surface area (Å²) in [6, 6.07) is 5.54. The van der Waals surface area contributed by atoms with Crippen molar-refractivity contribution in [3.63, 3.8) is 0 Å². The number of benzene rings is 1. The molecule has 0 bridgehead atoms. The molecule has 0 atom stereocenters. The maximum Gasteiger partial charge on any atom is 0.194 e. The Morgan fingerprint density at radius 1 is 1.30 bits per heavy atom. The first-order chi connectivity index (χ1) is 9.71. The number of ether oxygens (including phenoxy) is 2. The van der Waals surface area contributed by atoms with Crippen molar-refractivity contribution in [2.24, 2.45) is 10.7 Å². The summed E-state index contributed by atoms with van der Waals surface area (Å²) in [5, 5.41) is 3.01. The van der Waals surface area contributed by atoms with Crippen LogP contribution >= 0.6 is 0 Å². The van der Waals surface area contributed by atoms with Gasteiger partial charge in [-0.2, -0.15) is 0 Å². The topological polar surface area (TPSA) is 68.9 Å². The molecule has 0 saturated carbocycles. The summed E-state index contributed by atoms with van der Waals surface area (Å²) in [4.78, 5) is 4.10. The summed E-state index contributed by atoms with van der Waals surface area (Å²) in [5.41, 5.74) is 6.54. The van der Waals surface area contributed by atoms with E-state index in [0.717, 1.165) is 11.4 Å². The summed E-state index contributed by atoms with van der Waals surface area (Å²) in [5.74, 6) is 7.33. The highest BCUT2D eigenvalue weighted by Crippen LogP contribution is 2.29. The second-order valence-corrected chi connectivity index (χ2v) is 3.78. The normalized spacial score (nSPS) is 10.4. The lowest BCUT2D eigenvalue weighted by Crippen LogP contribution is -2.23. The molecule has 0 fully saturated rings. The van der Waals surface area contributed by atoms with Crippen LogP contribution < -0.4 is 20.5 Å². The zero-order valence-corrected chi connectivity index (χ0v) is 12.2. The summed E-state index contributed by atoms with van der Waals surface area (Å²) in [6.45, 7) is 7.16. The average molecular weight is 275 g/mol. The van der Waals surface area contributed by atoms with Crippen LogP contribution in [0.2, 0.25) is 0 Å². The van der Waals surface area contributed by atoms with E-state index in [2.05, 4.69) is 22.2 Å². The number of guanidine groups is 1. The Morgan fingerprint density at radius 2 is 2.05 bits per heavy atom. The highest BCUT2D eigenvalue weighted by molar-refractivity contribution is 5.94. The van der Waals surface area contributed by atoms with Gasteiger partial charge in [0.25, 0.3) is 0 Å². The van der Waals surface area contributed by atoms with Gasteiger partial charge in [-0.25, -0.2) is 4.99 Å². The molecule has 1 rings (SSSR count). The second-order valence-electron chi connectivity index (χ2n) is 3.78. The molecule has 3 N–H and O–H groups in total. The van der Waals surface area contributed by atoms with Gasteiger partial charge in [0.2, 0.25) is 0 Å². The third kappa shape index (κ3) is 5.11. The molecule has 1 aromatic rings. The van der Waals surface area contributed by atoms with Crippen LogP contribution in [0.4, 0.5) is 5.69 Å². The predicted molar refractivity (Wildman–Crippen MR) is 82.3 cm³/mol. The molecule has 5 heteroatoms. The predicted octanol–water partition coefficient (Wildman–Crippen LogP) is 2.23. The van der Waals surface area contributed by atoms with Gasteiger partial charge < -0.3 is 20.5 Å². The van der Waals surface area contributed by atoms with Crippen LogP contribution in [0, 0.1) is 11.8 Å². The number of hydrogen-bond donors (Lipinski definition) is 2. The number of nitrogens with one attached hydrogen (secondary N) is 1. The van der Waals surface area contributed by atoms with E-state index in [4.69, 9.17) is 15.2 Å². The van der Waals surface area contributed by atoms with Crippen LogP contribution in [0.5, 0.6) is 11.5 Å². The van der Waals surface area contributed by atoms with Crippen molar-refractivity contribution in [3.05, 3.63) is 18.2 Å². The molecule has 0 heterocycles. The Kier molecular flexibility index (Phi) is 6.83. The van der Waals surface area contributed by atoms with Gasteiger partial charge in [-0.1, -0.05) is 5.92 Å². The summed E-state index contributed by atoms with van der Waals surface area (Å²) in [7, 11) is 0. The highest BCUT2D eigenvalue weighted by atomic mass is 16.5. The molecule has 0 amide bonds. The first-order valence-electron chi connectivity index (χ1n) is 6.57. The molecule has 0 aliphatic carbocycles. The molecule has 0 radical (unpaired) electrons. The van der Waals surface area contributed by atoms with Crippen molar-refractivity contribution in [2.45, 2.75) is 20.8 Å². The van der Waals surface area contributed by atoms with Crippen molar-refractivity contribution in [1.82, 2.24) is 0 Å². The van der Waals surface area contributed by atoms with Gasteiger partial charge in [0.15, 0.2) is 5.96 Å². The number of aliphatic imine (C=N–C) groups is 1. The molecule has 5 nitrogen and oxygen atoms in total. The molecule has 108 valence electrons. The molecule has 0 aliphatic rings. The third-order valence-electron chi connectivity index (χ3n) is 2.33. The fourth-order valence-electron chi connectivity index (χ4n) is 1.53. The van der Waals surface area contributed by atoms with E-state index in [1.54, 1.807) is 6.92 Å². The maximum atomic E-state index is 5.81. The average Bonchev–Trinajstić information content (AvgIpc) is 2.42. The van der Waals surface area contributed by atoms with Crippen LogP contribution in [-0.4, -0.2) is 25.7 Å². The number of anilines is 1. The first-order valence-corrected chi connectivity index (χ1v) is 6.57. The van der Waals surface area contributed by atoms with E-state index in [1.807, 2.05) is 32.0 Å². The minimum absolute atomic E-state index is 0.294. The Balaban J connectivity index is 2.90. The fraction of sp³-hybridized carbons (Fsp3) is 0.400. The molecule has 0 aliphatic heterocycles. The molecular formula is C15H21N3O2. The van der Waals surface area contributed by atoms with Gasteiger partial charge in [0, 0.05) is 6.07 Å². The summed E-state index contributed by atoms with van der Waals surface area (Å²) >= 11 is 0. The molecule has 20 heavy (non-hydrogen) atoms. The van der Waals surface area contributed by atoms with E-state index >= 15 is 0 Å². The van der Waals surface area contributed by atoms with Crippen molar-refractivity contribution < 1.29 is 9.47 Å². The number of hydrogen-bond acceptors (Lipinski definition) is 3. The van der Waals surface area contributed by atoms with Crippen LogP contribution in [-0.2, 0) is 0 Å². The number of rotatable bonds is 6. The lowest BCUT2D eigenvalue weighted by Gasteiger charge is -2.13. The largest absolute Gasteiger partial charge is 0.494 e. The molecule has 0 aromatic heterocycles. The quantitative estimate of drug-likeness (QED) is 0.474. The molecule has 0 spiro atoms. The maximum absolute atomic E-state index is 5.81. The Bertz CT molecular complexity index is 516. The Hall–Kier alpha value is -2.35. The van der Waals surface area contributed by atoms with Gasteiger partial charge >= 0.3 is 0 Å². The van der Waals surface area contributed by atoms with Gasteiger partial charge in [-0.15, -0.1) is 5.92 Å². The van der Waals surface area contributed by atoms with Crippen molar-refractivity contribution in [2.75, 3.05) is 25.1 Å². The molecule has 1 aromatic carbocycles. The zero-order valence-electron chi connectivity index (χ0n) is 12.2. The van der Waals surface area contributed by atoms with Crippen LogP contribution in [0.25, 0.3) is 0 Å². The summed E-state index contributed by atoms with van der Waals surface area (Å²) < 4.78 is 11.0. The first kappa shape index (κ1) is 15.7. The van der Waals surface area contributed by atoms with Gasteiger partial charge in [-0.3, -0.25) is 0 Å². The minimum atomic E-state index is 0.294. The highest BCUT2D eigenvalue weighted by Gasteiger charge is 2.06. The van der Waals surface area contributed by atoms with Crippen molar-refractivity contribution >= 4 is 11.6 Å². The van der Waals surface area contributed by atoms with Gasteiger partial charge in [0.05, 0.1) is 18.9 Å². The number of nitrogens with zero attached hydrogens (tertiary/aromatic N) is 1. The number of nitrogens with two attached hydrogens (primary N) is 1. The van der Waals surface area contributed by atoms with E-state index in [0.29, 0.717) is 31.5 Å². The summed E-state index contributed by atoms with van der Waals surface area (Å²) in [6.07, 6.45) is 0. The van der Waals surface area contributed by atoms with Gasteiger partial charge in [-0.05, 0) is 32.9 Å². The smallest absolute Gasteiger partial charge is 0.194 e. The van der Waals surface area contributed by atoms with Crippen molar-refractivity contribution in [3.8, 4) is 23.3 Å². The van der Waals surface area contributed by atoms with Crippen LogP contribution in [0.1, 0.15) is 20.8 Å². The Morgan fingerprint density at radius 3 is 2.70 bits per heavy atom. The fourth-order valence-corrected chi connectivity index (χ4v) is 1.53. The second kappa shape index (κ2) is 8.70. The van der Waals surface area contributed by atoms with Crippen LogP contribution in [0.3, 0.4) is 0 Å². The third-order valence-corrected chi connectivity index (χ3v) is 2.33. The van der Waals surface area contributed by atoms with Crippen LogP contribution in [0.15, 0.2) is 23.2 Å². The van der Waals surface area contributed by atoms with E-state index in [9.17, 15) is 0 Å². The van der Waals surface area contributed by atoms with Crippen molar-refractivity contribution in [1.29, 1.82) is 0 Å².